The molecule has 7 nitrogen and oxygen atoms in total. The molecule has 1 unspecified atom stereocenters. The van der Waals surface area contributed by atoms with Gasteiger partial charge in [0.05, 0.1) is 19.1 Å². The first kappa shape index (κ1) is 17.0. The molecule has 2 rings (SSSR count). The van der Waals surface area contributed by atoms with Crippen LogP contribution in [0.2, 0.25) is 0 Å². The molecule has 7 heteroatoms. The van der Waals surface area contributed by atoms with E-state index in [-0.39, 0.29) is 25.3 Å². The van der Waals surface area contributed by atoms with E-state index in [1.54, 1.807) is 24.3 Å². The molecule has 1 aromatic carbocycles. The molecule has 0 spiro atoms. The van der Waals surface area contributed by atoms with E-state index < -0.39 is 30.0 Å². The molecule has 1 saturated heterocycles. The zero-order chi connectivity index (χ0) is 17.0. The smallest absolute Gasteiger partial charge is 0.334 e. The van der Waals surface area contributed by atoms with Crippen molar-refractivity contribution in [1.82, 2.24) is 4.90 Å². The molecule has 3 atom stereocenters. The number of esters is 1. The van der Waals surface area contributed by atoms with Gasteiger partial charge in [0.25, 0.3) is 0 Å². The van der Waals surface area contributed by atoms with E-state index in [0.29, 0.717) is 0 Å². The Morgan fingerprint density at radius 1 is 1.35 bits per heavy atom. The quantitative estimate of drug-likeness (QED) is 0.718. The van der Waals surface area contributed by atoms with Crippen LogP contribution >= 0.6 is 0 Å². The normalized spacial score (nSPS) is 20.2. The van der Waals surface area contributed by atoms with E-state index in [4.69, 9.17) is 5.11 Å². The van der Waals surface area contributed by atoms with Crippen LogP contribution in [0.15, 0.2) is 30.3 Å². The second-order valence-electron chi connectivity index (χ2n) is 5.51. The van der Waals surface area contributed by atoms with Crippen LogP contribution in [0.5, 0.6) is 0 Å². The zero-order valence-electron chi connectivity index (χ0n) is 12.7. The summed E-state index contributed by atoms with van der Waals surface area (Å²) >= 11 is 0. The molecule has 1 heterocycles. The summed E-state index contributed by atoms with van der Waals surface area (Å²) in [4.78, 5) is 36.2. The number of rotatable bonds is 6. The van der Waals surface area contributed by atoms with Gasteiger partial charge in [-0.2, -0.15) is 0 Å². The van der Waals surface area contributed by atoms with E-state index in [1.165, 1.54) is 12.0 Å². The molecule has 1 aliphatic rings. The molecule has 0 bridgehead atoms. The van der Waals surface area contributed by atoms with Gasteiger partial charge in [0.15, 0.2) is 6.10 Å². The lowest BCUT2D eigenvalue weighted by Crippen LogP contribution is -2.49. The van der Waals surface area contributed by atoms with Crippen molar-refractivity contribution >= 4 is 17.8 Å². The number of carbonyl (C=O) groups is 3. The highest BCUT2D eigenvalue weighted by atomic mass is 16.5. The summed E-state index contributed by atoms with van der Waals surface area (Å²) in [5, 5.41) is 19.1. The zero-order valence-corrected chi connectivity index (χ0v) is 12.7. The fourth-order valence-electron chi connectivity index (χ4n) is 2.79. The monoisotopic (exact) mass is 321 g/mol. The maximum Gasteiger partial charge on any atom is 0.334 e. The minimum atomic E-state index is -1.73. The average Bonchev–Trinajstić information content (AvgIpc) is 2.93. The number of benzene rings is 1. The predicted octanol–water partition coefficient (Wildman–Crippen LogP) is 0.0647. The van der Waals surface area contributed by atoms with Crippen LogP contribution in [0.4, 0.5) is 0 Å². The van der Waals surface area contributed by atoms with Crippen molar-refractivity contribution in [3.05, 3.63) is 35.9 Å². The van der Waals surface area contributed by atoms with Gasteiger partial charge < -0.3 is 19.8 Å². The van der Waals surface area contributed by atoms with Crippen LogP contribution in [0.3, 0.4) is 0 Å². The lowest BCUT2D eigenvalue weighted by molar-refractivity contribution is -0.152. The Hall–Kier alpha value is -2.41. The Kier molecular flexibility index (Phi) is 5.33. The molecule has 23 heavy (non-hydrogen) atoms. The molecule has 0 aromatic heterocycles. The van der Waals surface area contributed by atoms with Crippen molar-refractivity contribution in [3.63, 3.8) is 0 Å². The SMILES string of the molecule is COC(=O)C1CC(=O)N([C@H](Cc2ccccc2)[C@H](O)C(=O)O)C1. The number of hydrogen-bond acceptors (Lipinski definition) is 5. The largest absolute Gasteiger partial charge is 0.479 e. The molecule has 1 fully saturated rings. The number of aliphatic hydroxyl groups excluding tert-OH is 1. The Bertz CT molecular complexity index is 587. The summed E-state index contributed by atoms with van der Waals surface area (Å²) in [6.07, 6.45) is -1.58. The number of aliphatic carboxylic acids is 1. The van der Waals surface area contributed by atoms with Crippen molar-refractivity contribution in [2.75, 3.05) is 13.7 Å². The number of aliphatic hydroxyl groups is 1. The third-order valence-electron chi connectivity index (χ3n) is 4.00. The molecule has 0 saturated carbocycles. The van der Waals surface area contributed by atoms with E-state index in [2.05, 4.69) is 4.74 Å². The molecular formula is C16H19NO6. The van der Waals surface area contributed by atoms with Crippen molar-refractivity contribution < 1.29 is 29.3 Å². The van der Waals surface area contributed by atoms with Gasteiger partial charge >= 0.3 is 11.9 Å². The molecule has 0 radical (unpaired) electrons. The first-order valence-electron chi connectivity index (χ1n) is 7.26. The summed E-state index contributed by atoms with van der Waals surface area (Å²) in [6, 6.07) is 8.06. The maximum absolute atomic E-state index is 12.2. The Labute approximate surface area is 133 Å². The van der Waals surface area contributed by atoms with Crippen LogP contribution < -0.4 is 0 Å². The van der Waals surface area contributed by atoms with Gasteiger partial charge in [-0.1, -0.05) is 30.3 Å². The van der Waals surface area contributed by atoms with Crippen LogP contribution in [0.25, 0.3) is 0 Å². The van der Waals surface area contributed by atoms with Gasteiger partial charge in [0.1, 0.15) is 0 Å². The number of carboxylic acids is 1. The van der Waals surface area contributed by atoms with E-state index in [9.17, 15) is 19.5 Å². The highest BCUT2D eigenvalue weighted by molar-refractivity contribution is 5.87. The highest BCUT2D eigenvalue weighted by Crippen LogP contribution is 2.25. The minimum absolute atomic E-state index is 0.0374. The fraction of sp³-hybridized carbons (Fsp3) is 0.438. The molecule has 1 amide bonds. The topological polar surface area (TPSA) is 104 Å². The standard InChI is InChI=1S/C16H19NO6/c1-23-16(22)11-8-13(18)17(9-11)12(14(19)15(20)21)7-10-5-3-2-4-6-10/h2-6,11-12,14,19H,7-9H2,1H3,(H,20,21)/t11?,12-,14+/m1/s1. The molecule has 1 aromatic rings. The third-order valence-corrected chi connectivity index (χ3v) is 4.00. The van der Waals surface area contributed by atoms with Crippen LogP contribution in [-0.2, 0) is 25.5 Å². The molecule has 124 valence electrons. The fourth-order valence-corrected chi connectivity index (χ4v) is 2.79. The molecule has 0 aliphatic carbocycles. The number of methoxy groups -OCH3 is 1. The number of ether oxygens (including phenoxy) is 1. The van der Waals surface area contributed by atoms with Gasteiger partial charge in [0, 0.05) is 13.0 Å². The van der Waals surface area contributed by atoms with Crippen LogP contribution in [-0.4, -0.2) is 58.8 Å². The summed E-state index contributed by atoms with van der Waals surface area (Å²) in [5.41, 5.74) is 0.798. The highest BCUT2D eigenvalue weighted by Gasteiger charge is 2.42. The van der Waals surface area contributed by atoms with E-state index in [1.807, 2.05) is 6.07 Å². The lowest BCUT2D eigenvalue weighted by Gasteiger charge is -2.30. The van der Waals surface area contributed by atoms with Crippen LogP contribution in [0, 0.1) is 5.92 Å². The van der Waals surface area contributed by atoms with Crippen LogP contribution in [0.1, 0.15) is 12.0 Å². The lowest BCUT2D eigenvalue weighted by atomic mass is 9.99. The first-order chi connectivity index (χ1) is 10.9. The number of carbonyl (C=O) groups excluding carboxylic acids is 2. The van der Waals surface area contributed by atoms with Gasteiger partial charge in [-0.05, 0) is 12.0 Å². The van der Waals surface area contributed by atoms with E-state index >= 15 is 0 Å². The van der Waals surface area contributed by atoms with Gasteiger partial charge in [0.2, 0.25) is 5.91 Å². The van der Waals surface area contributed by atoms with Crippen molar-refractivity contribution in [2.24, 2.45) is 5.92 Å². The second-order valence-corrected chi connectivity index (χ2v) is 5.51. The summed E-state index contributed by atoms with van der Waals surface area (Å²) in [7, 11) is 1.24. The summed E-state index contributed by atoms with van der Waals surface area (Å²) < 4.78 is 4.64. The summed E-state index contributed by atoms with van der Waals surface area (Å²) in [6.45, 7) is 0.0490. The number of carboxylic acid groups (broad SMARTS) is 1. The third kappa shape index (κ3) is 3.87. The number of hydrogen-bond donors (Lipinski definition) is 2. The van der Waals surface area contributed by atoms with Crippen molar-refractivity contribution in [2.45, 2.75) is 25.0 Å². The minimum Gasteiger partial charge on any atom is -0.479 e. The average molecular weight is 321 g/mol. The maximum atomic E-state index is 12.2. The van der Waals surface area contributed by atoms with E-state index in [0.717, 1.165) is 5.56 Å². The summed E-state index contributed by atoms with van der Waals surface area (Å²) in [5.74, 6) is -2.90. The number of nitrogens with zero attached hydrogens (tertiary/aromatic N) is 1. The second kappa shape index (κ2) is 7.23. The van der Waals surface area contributed by atoms with Crippen molar-refractivity contribution in [1.29, 1.82) is 0 Å². The number of likely N-dealkylation sites (tertiary alicyclic amines) is 1. The molecule has 2 N–H and O–H groups in total. The van der Waals surface area contributed by atoms with Gasteiger partial charge in [-0.25, -0.2) is 4.79 Å². The Balaban J connectivity index is 2.22. The first-order valence-corrected chi connectivity index (χ1v) is 7.26. The Morgan fingerprint density at radius 2 is 2.00 bits per heavy atom. The molecular weight excluding hydrogens is 302 g/mol. The van der Waals surface area contributed by atoms with Crippen molar-refractivity contribution in [3.8, 4) is 0 Å². The van der Waals surface area contributed by atoms with Gasteiger partial charge in [-0.3, -0.25) is 9.59 Å². The number of amides is 1. The molecule has 1 aliphatic heterocycles. The van der Waals surface area contributed by atoms with Gasteiger partial charge in [-0.15, -0.1) is 0 Å². The Morgan fingerprint density at radius 3 is 2.57 bits per heavy atom. The predicted molar refractivity (Wildman–Crippen MR) is 79.4 cm³/mol.